The van der Waals surface area contributed by atoms with Gasteiger partial charge >= 0.3 is 5.97 Å². The second-order valence-electron chi connectivity index (χ2n) is 7.06. The van der Waals surface area contributed by atoms with Gasteiger partial charge in [-0.15, -0.1) is 0 Å². The first kappa shape index (κ1) is 20.2. The number of carboxylic acid groups (broad SMARTS) is 1. The van der Waals surface area contributed by atoms with Gasteiger partial charge in [-0.2, -0.15) is 0 Å². The zero-order valence-electron chi connectivity index (χ0n) is 17.1. The van der Waals surface area contributed by atoms with Gasteiger partial charge in [0, 0.05) is 10.9 Å². The summed E-state index contributed by atoms with van der Waals surface area (Å²) in [4.78, 5) is 10.7. The Balaban J connectivity index is 1.70. The molecule has 0 aliphatic rings. The highest BCUT2D eigenvalue weighted by Gasteiger charge is 2.12. The van der Waals surface area contributed by atoms with Gasteiger partial charge in [-0.1, -0.05) is 66.7 Å². The molecule has 4 aromatic carbocycles. The maximum Gasteiger partial charge on any atom is 0.307 e. The standard InChI is InChI=1S/C27H22O4/c1-30-22-16-11-21(12-17-22)25-18-13-20-6-2-3-7-24(20)27(25)31-23-14-9-19(10-15-23)5-4-8-26(28)29/h2-7,9-18H,8H2,1H3,(H,28,29). The summed E-state index contributed by atoms with van der Waals surface area (Å²) in [5.41, 5.74) is 2.95. The molecule has 154 valence electrons. The number of methoxy groups -OCH3 is 1. The summed E-state index contributed by atoms with van der Waals surface area (Å²) in [6.45, 7) is 0. The number of aliphatic carboxylic acids is 1. The van der Waals surface area contributed by atoms with E-state index in [1.807, 2.05) is 60.7 Å². The van der Waals surface area contributed by atoms with E-state index in [2.05, 4.69) is 24.3 Å². The van der Waals surface area contributed by atoms with Crippen molar-refractivity contribution in [1.82, 2.24) is 0 Å². The molecular formula is C27H22O4. The van der Waals surface area contributed by atoms with Crippen LogP contribution in [0.15, 0.2) is 91.0 Å². The Bertz CT molecular complexity index is 1220. The maximum absolute atomic E-state index is 10.7. The van der Waals surface area contributed by atoms with Crippen LogP contribution in [-0.4, -0.2) is 18.2 Å². The maximum atomic E-state index is 10.7. The molecule has 0 bridgehead atoms. The fourth-order valence-corrected chi connectivity index (χ4v) is 3.41. The summed E-state index contributed by atoms with van der Waals surface area (Å²) >= 11 is 0. The summed E-state index contributed by atoms with van der Waals surface area (Å²) < 4.78 is 11.7. The van der Waals surface area contributed by atoms with Crippen LogP contribution in [0.3, 0.4) is 0 Å². The fourth-order valence-electron chi connectivity index (χ4n) is 3.41. The first-order valence-electron chi connectivity index (χ1n) is 9.96. The molecular weight excluding hydrogens is 388 g/mol. The van der Waals surface area contributed by atoms with E-state index in [1.165, 1.54) is 0 Å². The Morgan fingerprint density at radius 3 is 2.29 bits per heavy atom. The van der Waals surface area contributed by atoms with E-state index in [0.717, 1.165) is 39.0 Å². The Morgan fingerprint density at radius 2 is 1.58 bits per heavy atom. The molecule has 4 nitrogen and oxygen atoms in total. The van der Waals surface area contributed by atoms with Crippen LogP contribution >= 0.6 is 0 Å². The SMILES string of the molecule is COc1ccc(-c2ccc3ccccc3c2Oc2ccc(C=CCC(=O)O)cc2)cc1. The molecule has 4 aromatic rings. The van der Waals surface area contributed by atoms with Crippen LogP contribution in [0.2, 0.25) is 0 Å². The molecule has 0 heterocycles. The van der Waals surface area contributed by atoms with Gasteiger partial charge in [0.1, 0.15) is 17.2 Å². The van der Waals surface area contributed by atoms with Crippen LogP contribution < -0.4 is 9.47 Å². The van der Waals surface area contributed by atoms with Crippen LogP contribution in [0.5, 0.6) is 17.2 Å². The molecule has 0 atom stereocenters. The van der Waals surface area contributed by atoms with E-state index in [0.29, 0.717) is 5.75 Å². The van der Waals surface area contributed by atoms with Crippen LogP contribution in [-0.2, 0) is 4.79 Å². The predicted molar refractivity (Wildman–Crippen MR) is 124 cm³/mol. The summed E-state index contributed by atoms with van der Waals surface area (Å²) in [6, 6.07) is 27.8. The lowest BCUT2D eigenvalue weighted by molar-refractivity contribution is -0.135. The minimum Gasteiger partial charge on any atom is -0.497 e. The third-order valence-corrected chi connectivity index (χ3v) is 4.98. The Kier molecular flexibility index (Phi) is 5.99. The summed E-state index contributed by atoms with van der Waals surface area (Å²) in [6.07, 6.45) is 3.42. The van der Waals surface area contributed by atoms with Crippen molar-refractivity contribution in [3.63, 3.8) is 0 Å². The molecule has 0 unspecified atom stereocenters. The lowest BCUT2D eigenvalue weighted by atomic mass is 9.99. The number of carbonyl (C=O) groups is 1. The van der Waals surface area contributed by atoms with Crippen LogP contribution in [0.1, 0.15) is 12.0 Å². The molecule has 31 heavy (non-hydrogen) atoms. The molecule has 4 rings (SSSR count). The quantitative estimate of drug-likeness (QED) is 0.364. The Morgan fingerprint density at radius 1 is 0.871 bits per heavy atom. The van der Waals surface area contributed by atoms with Gasteiger partial charge < -0.3 is 14.6 Å². The van der Waals surface area contributed by atoms with Gasteiger partial charge in [-0.05, 0) is 46.8 Å². The average Bonchev–Trinajstić information content (AvgIpc) is 2.80. The van der Waals surface area contributed by atoms with Crippen molar-refractivity contribution in [2.45, 2.75) is 6.42 Å². The minimum atomic E-state index is -0.849. The third-order valence-electron chi connectivity index (χ3n) is 4.98. The second kappa shape index (κ2) is 9.18. The minimum absolute atomic E-state index is 0.000519. The van der Waals surface area contributed by atoms with Gasteiger partial charge in [-0.3, -0.25) is 4.79 Å². The van der Waals surface area contributed by atoms with E-state index in [9.17, 15) is 4.79 Å². The molecule has 0 aliphatic carbocycles. The molecule has 0 radical (unpaired) electrons. The average molecular weight is 410 g/mol. The van der Waals surface area contributed by atoms with Gasteiger partial charge in [0.05, 0.1) is 13.5 Å². The van der Waals surface area contributed by atoms with Gasteiger partial charge in [0.25, 0.3) is 0 Å². The molecule has 1 N–H and O–H groups in total. The van der Waals surface area contributed by atoms with E-state index >= 15 is 0 Å². The monoisotopic (exact) mass is 410 g/mol. The van der Waals surface area contributed by atoms with E-state index in [1.54, 1.807) is 19.3 Å². The number of rotatable bonds is 7. The number of benzene rings is 4. The zero-order chi connectivity index (χ0) is 21.6. The van der Waals surface area contributed by atoms with Crippen molar-refractivity contribution in [2.24, 2.45) is 0 Å². The number of ether oxygens (including phenoxy) is 2. The van der Waals surface area contributed by atoms with E-state index < -0.39 is 5.97 Å². The van der Waals surface area contributed by atoms with Gasteiger partial charge in [0.15, 0.2) is 0 Å². The second-order valence-corrected chi connectivity index (χ2v) is 7.06. The highest BCUT2D eigenvalue weighted by atomic mass is 16.5. The van der Waals surface area contributed by atoms with Crippen molar-refractivity contribution < 1.29 is 19.4 Å². The van der Waals surface area contributed by atoms with Crippen molar-refractivity contribution in [3.8, 4) is 28.4 Å². The van der Waals surface area contributed by atoms with Crippen molar-refractivity contribution >= 4 is 22.8 Å². The molecule has 4 heteroatoms. The topological polar surface area (TPSA) is 55.8 Å². The summed E-state index contributed by atoms with van der Waals surface area (Å²) in [7, 11) is 1.65. The fraction of sp³-hybridized carbons (Fsp3) is 0.0741. The van der Waals surface area contributed by atoms with Gasteiger partial charge in [-0.25, -0.2) is 0 Å². The highest BCUT2D eigenvalue weighted by Crippen LogP contribution is 2.40. The lowest BCUT2D eigenvalue weighted by Gasteiger charge is -2.15. The molecule has 0 saturated heterocycles. The van der Waals surface area contributed by atoms with Gasteiger partial charge in [0.2, 0.25) is 0 Å². The van der Waals surface area contributed by atoms with Crippen molar-refractivity contribution in [1.29, 1.82) is 0 Å². The number of fused-ring (bicyclic) bond motifs is 1. The Labute approximate surface area is 181 Å². The van der Waals surface area contributed by atoms with Crippen LogP contribution in [0, 0.1) is 0 Å². The first-order chi connectivity index (χ1) is 15.1. The number of hydrogen-bond acceptors (Lipinski definition) is 3. The van der Waals surface area contributed by atoms with E-state index in [4.69, 9.17) is 14.6 Å². The largest absolute Gasteiger partial charge is 0.497 e. The Hall–Kier alpha value is -4.05. The van der Waals surface area contributed by atoms with Crippen LogP contribution in [0.4, 0.5) is 0 Å². The highest BCUT2D eigenvalue weighted by molar-refractivity contribution is 5.95. The molecule has 0 aliphatic heterocycles. The van der Waals surface area contributed by atoms with Crippen molar-refractivity contribution in [2.75, 3.05) is 7.11 Å². The molecule has 0 spiro atoms. The normalized spacial score (nSPS) is 11.0. The number of hydrogen-bond donors (Lipinski definition) is 1. The van der Waals surface area contributed by atoms with E-state index in [-0.39, 0.29) is 6.42 Å². The predicted octanol–water partition coefficient (Wildman–Crippen LogP) is 6.80. The molecule has 0 aromatic heterocycles. The lowest BCUT2D eigenvalue weighted by Crippen LogP contribution is -1.91. The first-order valence-corrected chi connectivity index (χ1v) is 9.96. The molecule has 0 saturated carbocycles. The number of carboxylic acids is 1. The zero-order valence-corrected chi connectivity index (χ0v) is 17.1. The molecule has 0 amide bonds. The molecule has 0 fully saturated rings. The summed E-state index contributed by atoms with van der Waals surface area (Å²) in [5, 5.41) is 10.9. The summed E-state index contributed by atoms with van der Waals surface area (Å²) in [5.74, 6) is 1.45. The van der Waals surface area contributed by atoms with Crippen LogP contribution in [0.25, 0.3) is 28.0 Å². The van der Waals surface area contributed by atoms with Crippen molar-refractivity contribution in [3.05, 3.63) is 96.6 Å². The smallest absolute Gasteiger partial charge is 0.307 e. The third kappa shape index (κ3) is 4.75.